The predicted molar refractivity (Wildman–Crippen MR) is 181 cm³/mol. The van der Waals surface area contributed by atoms with Crippen LogP contribution in [0.3, 0.4) is 0 Å². The molecule has 1 saturated carbocycles. The van der Waals surface area contributed by atoms with Crippen LogP contribution in [0.4, 0.5) is 0 Å². The first-order valence-electron chi connectivity index (χ1n) is 18.4. The Kier molecular flexibility index (Phi) is 26.2. The number of hydrogen-bond acceptors (Lipinski definition) is 8. The first-order valence-corrected chi connectivity index (χ1v) is 19.9. The summed E-state index contributed by atoms with van der Waals surface area (Å²) >= 11 is 0. The fourth-order valence-corrected chi connectivity index (χ4v) is 6.34. The zero-order chi connectivity index (χ0) is 33.0. The molecular weight excluding hydrogens is 593 g/mol. The molecule has 0 bridgehead atoms. The van der Waals surface area contributed by atoms with Gasteiger partial charge in [-0.3, -0.25) is 18.6 Å². The van der Waals surface area contributed by atoms with E-state index in [0.717, 1.165) is 43.9 Å². The quantitative estimate of drug-likeness (QED) is 0.0411. The second-order valence-corrected chi connectivity index (χ2v) is 14.7. The third-order valence-corrected chi connectivity index (χ3v) is 10.0. The third-order valence-electron chi connectivity index (χ3n) is 9.02. The maximum absolute atomic E-state index is 12.5. The molecule has 0 heterocycles. The maximum atomic E-state index is 12.5. The van der Waals surface area contributed by atoms with Gasteiger partial charge in [0.05, 0.1) is 13.2 Å². The molecule has 0 radical (unpaired) electrons. The molecule has 266 valence electrons. The third kappa shape index (κ3) is 25.7. The molecule has 9 nitrogen and oxygen atoms in total. The highest BCUT2D eigenvalue weighted by Crippen LogP contribution is 2.43. The van der Waals surface area contributed by atoms with Gasteiger partial charge in [-0.2, -0.15) is 0 Å². The van der Waals surface area contributed by atoms with Gasteiger partial charge in [0.2, 0.25) is 0 Å². The van der Waals surface area contributed by atoms with Crippen molar-refractivity contribution < 1.29 is 37.6 Å². The monoisotopic (exact) mass is 661 g/mol. The highest BCUT2D eigenvalue weighted by atomic mass is 31.2. The Hall–Kier alpha value is -0.990. The number of unbranched alkanes of at least 4 members (excludes halogenated alkanes) is 14. The average molecular weight is 662 g/mol. The Balaban J connectivity index is 2.21. The van der Waals surface area contributed by atoms with E-state index in [4.69, 9.17) is 24.3 Å². The van der Waals surface area contributed by atoms with E-state index < -0.39 is 26.5 Å². The number of hydrogen-bond donors (Lipinski definition) is 2. The fraction of sp³-hybridized carbons (Fsp3) is 0.943. The molecule has 1 rings (SSSR count). The molecule has 45 heavy (non-hydrogen) atoms. The van der Waals surface area contributed by atoms with Crippen molar-refractivity contribution >= 4 is 19.8 Å². The summed E-state index contributed by atoms with van der Waals surface area (Å²) in [4.78, 5) is 34.6. The highest BCUT2D eigenvalue weighted by Gasteiger charge is 2.26. The second kappa shape index (κ2) is 28.1. The van der Waals surface area contributed by atoms with Crippen LogP contribution < -0.4 is 5.73 Å². The molecule has 0 aromatic rings. The van der Waals surface area contributed by atoms with E-state index in [-0.39, 0.29) is 38.6 Å². The molecule has 2 unspecified atom stereocenters. The smallest absolute Gasteiger partial charge is 0.462 e. The molecule has 0 aliphatic heterocycles. The number of ether oxygens (including phenoxy) is 2. The zero-order valence-electron chi connectivity index (χ0n) is 28.9. The van der Waals surface area contributed by atoms with Crippen molar-refractivity contribution in [1.29, 1.82) is 0 Å². The average Bonchev–Trinajstić information content (AvgIpc) is 3.00. The molecule has 10 heteroatoms. The fourth-order valence-electron chi connectivity index (χ4n) is 5.57. The molecular formula is C35H68NO8P. The van der Waals surface area contributed by atoms with Crippen molar-refractivity contribution in [2.24, 2.45) is 17.6 Å². The number of nitrogens with two attached hydrogens (primary N) is 1. The van der Waals surface area contributed by atoms with Crippen molar-refractivity contribution in [3.63, 3.8) is 0 Å². The van der Waals surface area contributed by atoms with Crippen LogP contribution in [0.5, 0.6) is 0 Å². The van der Waals surface area contributed by atoms with Crippen molar-refractivity contribution in [3.8, 4) is 0 Å². The summed E-state index contributed by atoms with van der Waals surface area (Å²) in [5, 5.41) is 0. The summed E-state index contributed by atoms with van der Waals surface area (Å²) < 4.78 is 32.6. The first-order chi connectivity index (χ1) is 21.8. The van der Waals surface area contributed by atoms with E-state index >= 15 is 0 Å². The second-order valence-electron chi connectivity index (χ2n) is 13.2. The lowest BCUT2D eigenvalue weighted by molar-refractivity contribution is -0.161. The molecule has 1 fully saturated rings. The van der Waals surface area contributed by atoms with Crippen LogP contribution in [-0.2, 0) is 32.7 Å². The van der Waals surface area contributed by atoms with Gasteiger partial charge in [0.1, 0.15) is 6.61 Å². The molecule has 0 saturated heterocycles. The number of carbonyl (C=O) groups excluding carboxylic acids is 2. The summed E-state index contributed by atoms with van der Waals surface area (Å²) in [5.74, 6) is 1.02. The Morgan fingerprint density at radius 2 is 1.31 bits per heavy atom. The van der Waals surface area contributed by atoms with Crippen LogP contribution in [0.2, 0.25) is 0 Å². The molecule has 0 aromatic heterocycles. The van der Waals surface area contributed by atoms with Gasteiger partial charge >= 0.3 is 19.8 Å². The van der Waals surface area contributed by atoms with E-state index in [1.54, 1.807) is 0 Å². The van der Waals surface area contributed by atoms with Crippen LogP contribution in [0.25, 0.3) is 0 Å². The van der Waals surface area contributed by atoms with Gasteiger partial charge in [-0.25, -0.2) is 4.57 Å². The molecule has 0 spiro atoms. The number of rotatable bonds is 32. The minimum Gasteiger partial charge on any atom is -0.462 e. The number of phosphoric ester groups is 1. The van der Waals surface area contributed by atoms with Gasteiger partial charge in [-0.1, -0.05) is 142 Å². The van der Waals surface area contributed by atoms with Crippen LogP contribution in [0.1, 0.15) is 168 Å². The molecule has 1 aliphatic rings. The summed E-state index contributed by atoms with van der Waals surface area (Å²) in [6.07, 6.45) is 26.1. The van der Waals surface area contributed by atoms with E-state index in [9.17, 15) is 19.0 Å². The van der Waals surface area contributed by atoms with Crippen molar-refractivity contribution in [1.82, 2.24) is 0 Å². The first kappa shape index (κ1) is 42.0. The zero-order valence-corrected chi connectivity index (χ0v) is 29.8. The van der Waals surface area contributed by atoms with Crippen molar-refractivity contribution in [2.45, 2.75) is 174 Å². The summed E-state index contributed by atoms with van der Waals surface area (Å²) in [5.41, 5.74) is 5.32. The highest BCUT2D eigenvalue weighted by molar-refractivity contribution is 7.47. The van der Waals surface area contributed by atoms with Gasteiger partial charge in [0.25, 0.3) is 0 Å². The maximum Gasteiger partial charge on any atom is 0.472 e. The van der Waals surface area contributed by atoms with Crippen molar-refractivity contribution in [3.05, 3.63) is 0 Å². The summed E-state index contributed by atoms with van der Waals surface area (Å²) in [7, 11) is -4.36. The van der Waals surface area contributed by atoms with E-state index in [2.05, 4.69) is 13.8 Å². The van der Waals surface area contributed by atoms with Crippen LogP contribution in [0, 0.1) is 11.8 Å². The van der Waals surface area contributed by atoms with Gasteiger partial charge < -0.3 is 20.1 Å². The lowest BCUT2D eigenvalue weighted by Gasteiger charge is -2.24. The molecule has 0 aromatic carbocycles. The van der Waals surface area contributed by atoms with Crippen molar-refractivity contribution in [2.75, 3.05) is 26.4 Å². The number of carbonyl (C=O) groups is 2. The number of phosphoric acid groups is 1. The Morgan fingerprint density at radius 3 is 1.84 bits per heavy atom. The van der Waals surface area contributed by atoms with Crippen LogP contribution in [-0.4, -0.2) is 49.3 Å². The SMILES string of the molecule is CCC(C)CCCCCCCCCCC(=O)OC[C@@H](COP(=O)(O)OCCN)OC(=O)CCCCCCCCCCC1CCC1. The Bertz CT molecular complexity index is 779. The molecule has 3 N–H and O–H groups in total. The standard InChI is InChI=1S/C35H68NO8P/c1-3-31(2)21-16-12-8-4-6-10-14-18-25-34(37)41-29-33(30-43-45(39,40)42-28-27-36)44-35(38)26-19-15-11-7-5-9-13-17-22-32-23-20-24-32/h31-33H,3-30,36H2,1-2H3,(H,39,40)/t31?,33-/m0/s1. The topological polar surface area (TPSA) is 134 Å². The lowest BCUT2D eigenvalue weighted by Crippen LogP contribution is -2.29. The van der Waals surface area contributed by atoms with Gasteiger partial charge in [0.15, 0.2) is 6.10 Å². The van der Waals surface area contributed by atoms with E-state index in [1.807, 2.05) is 0 Å². The largest absolute Gasteiger partial charge is 0.472 e. The van der Waals surface area contributed by atoms with E-state index in [0.29, 0.717) is 6.42 Å². The number of esters is 2. The van der Waals surface area contributed by atoms with E-state index in [1.165, 1.54) is 103 Å². The normalized spacial score (nSPS) is 16.1. The minimum atomic E-state index is -4.36. The summed E-state index contributed by atoms with van der Waals surface area (Å²) in [6, 6.07) is 0. The molecule has 1 aliphatic carbocycles. The van der Waals surface area contributed by atoms with Gasteiger partial charge in [-0.05, 0) is 24.7 Å². The van der Waals surface area contributed by atoms with Crippen LogP contribution >= 0.6 is 7.82 Å². The Labute approximate surface area is 275 Å². The van der Waals surface area contributed by atoms with Gasteiger partial charge in [-0.15, -0.1) is 0 Å². The molecule has 0 amide bonds. The Morgan fingerprint density at radius 1 is 0.778 bits per heavy atom. The minimum absolute atomic E-state index is 0.0583. The molecule has 3 atom stereocenters. The van der Waals surface area contributed by atoms with Crippen LogP contribution in [0.15, 0.2) is 0 Å². The predicted octanol–water partition coefficient (Wildman–Crippen LogP) is 9.18. The van der Waals surface area contributed by atoms with Gasteiger partial charge in [0, 0.05) is 19.4 Å². The lowest BCUT2D eigenvalue weighted by atomic mass is 9.81. The summed E-state index contributed by atoms with van der Waals surface area (Å²) in [6.45, 7) is 3.82.